The molecular weight excluding hydrogens is 328 g/mol. The molecular formula is C19H20N6O. The molecule has 0 fully saturated rings. The first-order chi connectivity index (χ1) is 12.6. The number of carbonyl (C=O) groups is 1. The zero-order valence-corrected chi connectivity index (χ0v) is 14.5. The van der Waals surface area contributed by atoms with E-state index in [9.17, 15) is 4.79 Å². The number of benzene rings is 1. The molecule has 0 saturated heterocycles. The molecule has 1 aliphatic heterocycles. The molecule has 7 nitrogen and oxygen atoms in total. The lowest BCUT2D eigenvalue weighted by Gasteiger charge is -2.34. The van der Waals surface area contributed by atoms with E-state index in [1.165, 1.54) is 5.56 Å². The van der Waals surface area contributed by atoms with Gasteiger partial charge in [-0.2, -0.15) is 0 Å². The van der Waals surface area contributed by atoms with Gasteiger partial charge in [0.2, 0.25) is 0 Å². The predicted molar refractivity (Wildman–Crippen MR) is 97.3 cm³/mol. The van der Waals surface area contributed by atoms with Gasteiger partial charge in [-0.3, -0.25) is 4.79 Å². The molecule has 1 atom stereocenters. The fraction of sp³-hybridized carbons (Fsp3) is 0.263. The maximum atomic E-state index is 12.9. The van der Waals surface area contributed by atoms with Crippen LogP contribution in [0.15, 0.2) is 48.5 Å². The Morgan fingerprint density at radius 1 is 1.15 bits per heavy atom. The molecule has 0 unspecified atom stereocenters. The van der Waals surface area contributed by atoms with Crippen LogP contribution >= 0.6 is 0 Å². The molecule has 0 aliphatic carbocycles. The zero-order chi connectivity index (χ0) is 18.1. The van der Waals surface area contributed by atoms with E-state index < -0.39 is 0 Å². The molecule has 1 amide bonds. The van der Waals surface area contributed by atoms with Gasteiger partial charge in [0.05, 0.1) is 12.6 Å². The Balaban J connectivity index is 1.64. The highest BCUT2D eigenvalue weighted by molar-refractivity contribution is 5.92. The van der Waals surface area contributed by atoms with Crippen molar-refractivity contribution in [2.24, 2.45) is 0 Å². The molecule has 4 rings (SSSR count). The minimum atomic E-state index is -0.137. The molecule has 0 saturated carbocycles. The summed E-state index contributed by atoms with van der Waals surface area (Å²) in [5.41, 5.74) is 7.30. The number of pyridine rings is 1. The van der Waals surface area contributed by atoms with Crippen molar-refractivity contribution >= 4 is 11.7 Å². The first-order valence-corrected chi connectivity index (χ1v) is 8.58. The standard InChI is InChI=1S/C19H20N6O/c1-13-22-23-18-12-24(19(26)16-8-5-9-17(20)21-16)11-15(25(13)18)10-14-6-3-2-4-7-14/h2-9,15H,10-12H2,1H3,(H2,20,21)/t15-/m1/s1. The lowest BCUT2D eigenvalue weighted by atomic mass is 10.0. The normalized spacial score (nSPS) is 16.3. The predicted octanol–water partition coefficient (Wildman–Crippen LogP) is 2.00. The van der Waals surface area contributed by atoms with Crippen LogP contribution < -0.4 is 5.73 Å². The van der Waals surface area contributed by atoms with Gasteiger partial charge in [0, 0.05) is 6.54 Å². The minimum absolute atomic E-state index is 0.0844. The van der Waals surface area contributed by atoms with Crippen molar-refractivity contribution in [3.05, 3.63) is 71.4 Å². The number of hydrogen-bond donors (Lipinski definition) is 1. The summed E-state index contributed by atoms with van der Waals surface area (Å²) in [7, 11) is 0. The summed E-state index contributed by atoms with van der Waals surface area (Å²) in [6, 6.07) is 15.4. The molecule has 7 heteroatoms. The number of nitrogens with two attached hydrogens (primary N) is 1. The second-order valence-corrected chi connectivity index (χ2v) is 6.51. The minimum Gasteiger partial charge on any atom is -0.384 e. The van der Waals surface area contributed by atoms with Crippen molar-refractivity contribution in [3.63, 3.8) is 0 Å². The van der Waals surface area contributed by atoms with Gasteiger partial charge in [-0.25, -0.2) is 4.98 Å². The molecule has 3 heterocycles. The number of aryl methyl sites for hydroxylation is 1. The fourth-order valence-corrected chi connectivity index (χ4v) is 3.50. The van der Waals surface area contributed by atoms with Crippen molar-refractivity contribution in [2.45, 2.75) is 25.9 Å². The summed E-state index contributed by atoms with van der Waals surface area (Å²) >= 11 is 0. The molecule has 1 aromatic carbocycles. The Bertz CT molecular complexity index is 936. The Kier molecular flexibility index (Phi) is 4.12. The number of hydrogen-bond acceptors (Lipinski definition) is 5. The summed E-state index contributed by atoms with van der Waals surface area (Å²) in [6.07, 6.45) is 0.806. The first kappa shape index (κ1) is 16.3. The number of nitrogen functional groups attached to an aromatic ring is 1. The fourth-order valence-electron chi connectivity index (χ4n) is 3.50. The van der Waals surface area contributed by atoms with Gasteiger partial charge in [0.25, 0.3) is 5.91 Å². The van der Waals surface area contributed by atoms with Crippen molar-refractivity contribution in [1.82, 2.24) is 24.6 Å². The summed E-state index contributed by atoms with van der Waals surface area (Å²) in [4.78, 5) is 18.9. The van der Waals surface area contributed by atoms with Crippen LogP contribution in [0, 0.1) is 6.92 Å². The highest BCUT2D eigenvalue weighted by atomic mass is 16.2. The molecule has 0 radical (unpaired) electrons. The van der Waals surface area contributed by atoms with Gasteiger partial charge in [0.1, 0.15) is 17.3 Å². The van der Waals surface area contributed by atoms with E-state index in [0.717, 1.165) is 18.1 Å². The van der Waals surface area contributed by atoms with Crippen LogP contribution in [-0.2, 0) is 13.0 Å². The van der Waals surface area contributed by atoms with E-state index in [1.807, 2.05) is 25.1 Å². The lowest BCUT2D eigenvalue weighted by Crippen LogP contribution is -2.42. The first-order valence-electron chi connectivity index (χ1n) is 8.58. The van der Waals surface area contributed by atoms with Crippen LogP contribution in [0.4, 0.5) is 5.82 Å². The van der Waals surface area contributed by atoms with Gasteiger partial charge in [-0.05, 0) is 31.0 Å². The third-order valence-electron chi connectivity index (χ3n) is 4.66. The third-order valence-corrected chi connectivity index (χ3v) is 4.66. The molecule has 132 valence electrons. The molecule has 0 spiro atoms. The number of amides is 1. The van der Waals surface area contributed by atoms with Crippen molar-refractivity contribution in [2.75, 3.05) is 12.3 Å². The summed E-state index contributed by atoms with van der Waals surface area (Å²) < 4.78 is 2.14. The molecule has 26 heavy (non-hydrogen) atoms. The van der Waals surface area contributed by atoms with Crippen molar-refractivity contribution in [3.8, 4) is 0 Å². The second-order valence-electron chi connectivity index (χ2n) is 6.51. The van der Waals surface area contributed by atoms with Gasteiger partial charge in [0.15, 0.2) is 5.82 Å². The van der Waals surface area contributed by atoms with E-state index in [-0.39, 0.29) is 11.9 Å². The average Bonchev–Trinajstić information content (AvgIpc) is 3.03. The maximum Gasteiger partial charge on any atom is 0.273 e. The zero-order valence-electron chi connectivity index (χ0n) is 14.5. The van der Waals surface area contributed by atoms with Gasteiger partial charge in [-0.1, -0.05) is 36.4 Å². The largest absolute Gasteiger partial charge is 0.384 e. The molecule has 0 bridgehead atoms. The van der Waals surface area contributed by atoms with E-state index in [4.69, 9.17) is 5.73 Å². The smallest absolute Gasteiger partial charge is 0.273 e. The monoisotopic (exact) mass is 348 g/mol. The maximum absolute atomic E-state index is 12.9. The molecule has 2 N–H and O–H groups in total. The second kappa shape index (κ2) is 6.59. The number of carbonyl (C=O) groups excluding carboxylic acids is 1. The Labute approximate surface area is 151 Å². The molecule has 3 aromatic rings. The highest BCUT2D eigenvalue weighted by Gasteiger charge is 2.31. The summed E-state index contributed by atoms with van der Waals surface area (Å²) in [5, 5.41) is 8.48. The SMILES string of the molecule is Cc1nnc2n1[C@H](Cc1ccccc1)CN(C(=O)c1cccc(N)n1)C2. The number of anilines is 1. The van der Waals surface area contributed by atoms with Gasteiger partial charge < -0.3 is 15.2 Å². The van der Waals surface area contributed by atoms with E-state index in [2.05, 4.69) is 31.9 Å². The van der Waals surface area contributed by atoms with Crippen LogP contribution in [0.5, 0.6) is 0 Å². The summed E-state index contributed by atoms with van der Waals surface area (Å²) in [5.74, 6) is 1.87. The van der Waals surface area contributed by atoms with E-state index >= 15 is 0 Å². The summed E-state index contributed by atoms with van der Waals surface area (Å²) in [6.45, 7) is 2.95. The van der Waals surface area contributed by atoms with E-state index in [1.54, 1.807) is 23.1 Å². The van der Waals surface area contributed by atoms with E-state index in [0.29, 0.717) is 24.6 Å². The Hall–Kier alpha value is -3.22. The quantitative estimate of drug-likeness (QED) is 0.782. The van der Waals surface area contributed by atoms with Crippen LogP contribution in [0.25, 0.3) is 0 Å². The Morgan fingerprint density at radius 2 is 1.96 bits per heavy atom. The number of nitrogens with zero attached hydrogens (tertiary/aromatic N) is 5. The number of rotatable bonds is 3. The topological polar surface area (TPSA) is 89.9 Å². The van der Waals surface area contributed by atoms with Gasteiger partial charge in [-0.15, -0.1) is 10.2 Å². The highest BCUT2D eigenvalue weighted by Crippen LogP contribution is 2.26. The van der Waals surface area contributed by atoms with Gasteiger partial charge >= 0.3 is 0 Å². The average molecular weight is 348 g/mol. The molecule has 1 aliphatic rings. The van der Waals surface area contributed by atoms with Crippen LogP contribution in [-0.4, -0.2) is 37.1 Å². The van der Waals surface area contributed by atoms with Crippen molar-refractivity contribution in [1.29, 1.82) is 0 Å². The molecule has 2 aromatic heterocycles. The third kappa shape index (κ3) is 3.03. The van der Waals surface area contributed by atoms with Crippen LogP contribution in [0.3, 0.4) is 0 Å². The van der Waals surface area contributed by atoms with Crippen LogP contribution in [0.1, 0.15) is 33.7 Å². The van der Waals surface area contributed by atoms with Crippen LogP contribution in [0.2, 0.25) is 0 Å². The van der Waals surface area contributed by atoms with Crippen molar-refractivity contribution < 1.29 is 4.79 Å². The number of aromatic nitrogens is 4. The number of fused-ring (bicyclic) bond motifs is 1. The lowest BCUT2D eigenvalue weighted by molar-refractivity contribution is 0.0666. The Morgan fingerprint density at radius 3 is 2.73 bits per heavy atom.